The van der Waals surface area contributed by atoms with E-state index in [1.165, 1.54) is 32.1 Å². The summed E-state index contributed by atoms with van der Waals surface area (Å²) in [5.41, 5.74) is 3.23. The van der Waals surface area contributed by atoms with E-state index < -0.39 is 0 Å². The van der Waals surface area contributed by atoms with Crippen LogP contribution in [0.2, 0.25) is 0 Å². The SMILES string of the molecule is Cc1cc(NC(=O)CCC2CCCCC2)cc(C)c1Br. The van der Waals surface area contributed by atoms with E-state index in [0.29, 0.717) is 6.42 Å². The van der Waals surface area contributed by atoms with Gasteiger partial charge in [0.15, 0.2) is 0 Å². The van der Waals surface area contributed by atoms with E-state index in [1.54, 1.807) is 0 Å². The van der Waals surface area contributed by atoms with E-state index in [1.807, 2.05) is 12.1 Å². The number of carbonyl (C=O) groups is 1. The molecule has 3 heteroatoms. The van der Waals surface area contributed by atoms with E-state index in [2.05, 4.69) is 35.1 Å². The number of nitrogens with one attached hydrogen (secondary N) is 1. The molecule has 1 amide bonds. The second-order valence-electron chi connectivity index (χ2n) is 6.01. The van der Waals surface area contributed by atoms with E-state index in [9.17, 15) is 4.79 Å². The molecule has 1 N–H and O–H groups in total. The summed E-state index contributed by atoms with van der Waals surface area (Å²) in [5.74, 6) is 0.916. The molecular weight excluding hydrogens is 314 g/mol. The van der Waals surface area contributed by atoms with Crippen LogP contribution in [0.25, 0.3) is 0 Å². The van der Waals surface area contributed by atoms with Crippen LogP contribution in [0.5, 0.6) is 0 Å². The number of halogens is 1. The quantitative estimate of drug-likeness (QED) is 0.786. The average molecular weight is 338 g/mol. The predicted molar refractivity (Wildman–Crippen MR) is 88.1 cm³/mol. The number of amides is 1. The van der Waals surface area contributed by atoms with Gasteiger partial charge in [0.05, 0.1) is 0 Å². The summed E-state index contributed by atoms with van der Waals surface area (Å²) in [4.78, 5) is 12.0. The maximum Gasteiger partial charge on any atom is 0.224 e. The molecule has 1 aliphatic carbocycles. The lowest BCUT2D eigenvalue weighted by Gasteiger charge is -2.21. The van der Waals surface area contributed by atoms with Crippen LogP contribution in [0, 0.1) is 19.8 Å². The molecule has 1 aromatic carbocycles. The molecule has 0 heterocycles. The van der Waals surface area contributed by atoms with Crippen LogP contribution in [0.1, 0.15) is 56.1 Å². The summed E-state index contributed by atoms with van der Waals surface area (Å²) in [6.45, 7) is 4.10. The highest BCUT2D eigenvalue weighted by Gasteiger charge is 2.15. The number of hydrogen-bond donors (Lipinski definition) is 1. The Balaban J connectivity index is 1.84. The smallest absolute Gasteiger partial charge is 0.224 e. The molecule has 0 spiro atoms. The Kier molecular flexibility index (Phi) is 5.64. The van der Waals surface area contributed by atoms with Gasteiger partial charge >= 0.3 is 0 Å². The molecule has 110 valence electrons. The second-order valence-corrected chi connectivity index (χ2v) is 6.81. The fraction of sp³-hybridized carbons (Fsp3) is 0.588. The van der Waals surface area contributed by atoms with E-state index in [4.69, 9.17) is 0 Å². The summed E-state index contributed by atoms with van der Waals surface area (Å²) in [7, 11) is 0. The highest BCUT2D eigenvalue weighted by Crippen LogP contribution is 2.28. The molecule has 2 rings (SSSR count). The molecule has 0 radical (unpaired) electrons. The zero-order valence-corrected chi connectivity index (χ0v) is 14.1. The van der Waals surface area contributed by atoms with Gasteiger partial charge in [0, 0.05) is 16.6 Å². The first kappa shape index (κ1) is 15.6. The van der Waals surface area contributed by atoms with Crippen molar-refractivity contribution >= 4 is 27.5 Å². The number of benzene rings is 1. The fourth-order valence-electron chi connectivity index (χ4n) is 3.05. The molecule has 0 atom stereocenters. The monoisotopic (exact) mass is 337 g/mol. The third-order valence-corrected chi connectivity index (χ3v) is 5.48. The molecule has 0 unspecified atom stereocenters. The Morgan fingerprint density at radius 3 is 2.40 bits per heavy atom. The van der Waals surface area contributed by atoms with Crippen molar-refractivity contribution < 1.29 is 4.79 Å². The third kappa shape index (κ3) is 4.34. The third-order valence-electron chi connectivity index (χ3n) is 4.22. The molecule has 1 aromatic rings. The Hall–Kier alpha value is -0.830. The summed E-state index contributed by atoms with van der Waals surface area (Å²) < 4.78 is 1.12. The molecule has 1 fully saturated rings. The number of carbonyl (C=O) groups excluding carboxylic acids is 1. The highest BCUT2D eigenvalue weighted by molar-refractivity contribution is 9.10. The molecule has 20 heavy (non-hydrogen) atoms. The number of anilines is 1. The maximum absolute atomic E-state index is 12.0. The van der Waals surface area contributed by atoms with Gasteiger partial charge in [-0.15, -0.1) is 0 Å². The molecule has 0 aliphatic heterocycles. The van der Waals surface area contributed by atoms with Crippen molar-refractivity contribution in [2.24, 2.45) is 5.92 Å². The van der Waals surface area contributed by atoms with Gasteiger partial charge in [0.1, 0.15) is 0 Å². The van der Waals surface area contributed by atoms with Crippen molar-refractivity contribution in [3.05, 3.63) is 27.7 Å². The van der Waals surface area contributed by atoms with Gasteiger partial charge in [-0.05, 0) is 49.4 Å². The molecule has 0 bridgehead atoms. The molecule has 1 aliphatic rings. The van der Waals surface area contributed by atoms with Crippen LogP contribution in [0.15, 0.2) is 16.6 Å². The minimum atomic E-state index is 0.150. The van der Waals surface area contributed by atoms with Gasteiger partial charge in [-0.1, -0.05) is 48.0 Å². The van der Waals surface area contributed by atoms with Crippen LogP contribution in [-0.4, -0.2) is 5.91 Å². The summed E-state index contributed by atoms with van der Waals surface area (Å²) >= 11 is 3.55. The second kappa shape index (κ2) is 7.26. The van der Waals surface area contributed by atoms with Crippen molar-refractivity contribution in [3.8, 4) is 0 Å². The summed E-state index contributed by atoms with van der Waals surface area (Å²) in [5, 5.41) is 3.03. The van der Waals surface area contributed by atoms with Crippen molar-refractivity contribution in [2.75, 3.05) is 5.32 Å². The summed E-state index contributed by atoms with van der Waals surface area (Å²) in [6.07, 6.45) is 8.38. The molecule has 0 aromatic heterocycles. The van der Waals surface area contributed by atoms with Crippen molar-refractivity contribution in [3.63, 3.8) is 0 Å². The predicted octanol–water partition coefficient (Wildman–Crippen LogP) is 5.36. The van der Waals surface area contributed by atoms with Crippen LogP contribution < -0.4 is 5.32 Å². The standard InChI is InChI=1S/C17H24BrNO/c1-12-10-15(11-13(2)17(12)18)19-16(20)9-8-14-6-4-3-5-7-14/h10-11,14H,3-9H2,1-2H3,(H,19,20). The van der Waals surface area contributed by atoms with Crippen LogP contribution in [0.3, 0.4) is 0 Å². The first-order valence-corrected chi connectivity index (χ1v) is 8.42. The minimum absolute atomic E-state index is 0.150. The Morgan fingerprint density at radius 1 is 1.20 bits per heavy atom. The van der Waals surface area contributed by atoms with Gasteiger partial charge in [-0.3, -0.25) is 4.79 Å². The van der Waals surface area contributed by atoms with Crippen LogP contribution in [-0.2, 0) is 4.79 Å². The molecular formula is C17H24BrNO. The van der Waals surface area contributed by atoms with Crippen molar-refractivity contribution in [1.29, 1.82) is 0 Å². The lowest BCUT2D eigenvalue weighted by Crippen LogP contribution is -2.15. The van der Waals surface area contributed by atoms with E-state index >= 15 is 0 Å². The number of hydrogen-bond acceptors (Lipinski definition) is 1. The Labute approximate surface area is 130 Å². The zero-order chi connectivity index (χ0) is 14.5. The topological polar surface area (TPSA) is 29.1 Å². The minimum Gasteiger partial charge on any atom is -0.326 e. The first-order chi connectivity index (χ1) is 9.56. The Bertz CT molecular complexity index is 455. The number of aryl methyl sites for hydroxylation is 2. The largest absolute Gasteiger partial charge is 0.326 e. The van der Waals surface area contributed by atoms with E-state index in [-0.39, 0.29) is 5.91 Å². The van der Waals surface area contributed by atoms with Gasteiger partial charge in [-0.2, -0.15) is 0 Å². The normalized spacial score (nSPS) is 16.1. The maximum atomic E-state index is 12.0. The van der Waals surface area contributed by atoms with E-state index in [0.717, 1.165) is 33.6 Å². The molecule has 2 nitrogen and oxygen atoms in total. The van der Waals surface area contributed by atoms with Gasteiger partial charge < -0.3 is 5.32 Å². The van der Waals surface area contributed by atoms with Crippen molar-refractivity contribution in [2.45, 2.75) is 58.8 Å². The van der Waals surface area contributed by atoms with Gasteiger partial charge in [0.25, 0.3) is 0 Å². The highest BCUT2D eigenvalue weighted by atomic mass is 79.9. The molecule has 1 saturated carbocycles. The van der Waals surface area contributed by atoms with Crippen LogP contribution in [0.4, 0.5) is 5.69 Å². The fourth-order valence-corrected chi connectivity index (χ4v) is 3.28. The number of rotatable bonds is 4. The van der Waals surface area contributed by atoms with Crippen molar-refractivity contribution in [1.82, 2.24) is 0 Å². The first-order valence-electron chi connectivity index (χ1n) is 7.63. The lowest BCUT2D eigenvalue weighted by molar-refractivity contribution is -0.116. The van der Waals surface area contributed by atoms with Crippen LogP contribution >= 0.6 is 15.9 Å². The lowest BCUT2D eigenvalue weighted by atomic mass is 9.86. The average Bonchev–Trinajstić information content (AvgIpc) is 2.43. The zero-order valence-electron chi connectivity index (χ0n) is 12.5. The molecule has 0 saturated heterocycles. The summed E-state index contributed by atoms with van der Waals surface area (Å²) in [6, 6.07) is 4.05. The Morgan fingerprint density at radius 2 is 1.80 bits per heavy atom. The van der Waals surface area contributed by atoms with Gasteiger partial charge in [-0.25, -0.2) is 0 Å². The van der Waals surface area contributed by atoms with Gasteiger partial charge in [0.2, 0.25) is 5.91 Å².